The molecule has 0 spiro atoms. The average molecular weight is 530 g/mol. The number of carbonyl (C=O) groups is 1. The molecule has 5 rings (SSSR count). The number of halogens is 2. The first kappa shape index (κ1) is 26.4. The van der Waals surface area contributed by atoms with Gasteiger partial charge in [-0.2, -0.15) is 0 Å². The molecule has 5 heteroatoms. The van der Waals surface area contributed by atoms with Gasteiger partial charge in [-0.1, -0.05) is 65.7 Å². The standard InChI is InChI=1S/C33H33ClFNO2/c1-22-28(6-3-8-31(22)34)30-7-2-5-26-20-27(33(37)38)13-14-29(26)32(30)25-11-9-23(10-12-25)19-24-15-18-36(21-24)17-4-16-35/h3,6,8-14,19-20H,2,4-5,7,15-18,21H2,1H3,(H,37,38)/b24-19-. The molecule has 1 aliphatic heterocycles. The van der Waals surface area contributed by atoms with Gasteiger partial charge in [0, 0.05) is 24.7 Å². The zero-order valence-electron chi connectivity index (χ0n) is 21.8. The normalized spacial score (nSPS) is 17.1. The minimum atomic E-state index is -0.902. The highest BCUT2D eigenvalue weighted by Gasteiger charge is 2.23. The van der Waals surface area contributed by atoms with E-state index in [4.69, 9.17) is 11.6 Å². The first-order chi connectivity index (χ1) is 18.4. The number of hydrogen-bond donors (Lipinski definition) is 1. The Balaban J connectivity index is 1.57. The smallest absolute Gasteiger partial charge is 0.335 e. The van der Waals surface area contributed by atoms with E-state index in [1.807, 2.05) is 24.3 Å². The Bertz CT molecular complexity index is 1410. The molecule has 1 heterocycles. The maximum Gasteiger partial charge on any atom is 0.335 e. The molecule has 0 amide bonds. The minimum absolute atomic E-state index is 0.260. The number of fused-ring (bicyclic) bond motifs is 1. The number of benzene rings is 3. The molecule has 3 nitrogen and oxygen atoms in total. The van der Waals surface area contributed by atoms with Crippen LogP contribution in [0.3, 0.4) is 0 Å². The van der Waals surface area contributed by atoms with Gasteiger partial charge in [0.05, 0.1) is 12.2 Å². The van der Waals surface area contributed by atoms with E-state index < -0.39 is 5.97 Å². The van der Waals surface area contributed by atoms with Gasteiger partial charge in [-0.25, -0.2) is 4.79 Å². The van der Waals surface area contributed by atoms with Crippen molar-refractivity contribution in [1.82, 2.24) is 4.90 Å². The van der Waals surface area contributed by atoms with E-state index in [0.29, 0.717) is 12.0 Å². The number of nitrogens with zero attached hydrogens (tertiary/aromatic N) is 1. The van der Waals surface area contributed by atoms with Crippen molar-refractivity contribution in [3.8, 4) is 0 Å². The summed E-state index contributed by atoms with van der Waals surface area (Å²) in [4.78, 5) is 14.0. The summed E-state index contributed by atoms with van der Waals surface area (Å²) in [5, 5.41) is 10.3. The average Bonchev–Trinajstić information content (AvgIpc) is 3.27. The molecule has 0 saturated carbocycles. The molecule has 0 radical (unpaired) electrons. The molecule has 3 aromatic rings. The molecule has 3 aromatic carbocycles. The Morgan fingerprint density at radius 3 is 2.63 bits per heavy atom. The van der Waals surface area contributed by atoms with Gasteiger partial charge < -0.3 is 5.11 Å². The Morgan fingerprint density at radius 2 is 1.87 bits per heavy atom. The van der Waals surface area contributed by atoms with E-state index in [-0.39, 0.29) is 6.67 Å². The summed E-state index contributed by atoms with van der Waals surface area (Å²) in [5.41, 5.74) is 10.7. The third kappa shape index (κ3) is 5.62. The van der Waals surface area contributed by atoms with Gasteiger partial charge >= 0.3 is 5.97 Å². The van der Waals surface area contributed by atoms with Crippen LogP contribution in [-0.2, 0) is 6.42 Å². The predicted molar refractivity (Wildman–Crippen MR) is 155 cm³/mol. The van der Waals surface area contributed by atoms with Crippen LogP contribution < -0.4 is 0 Å². The van der Waals surface area contributed by atoms with Crippen LogP contribution in [0.15, 0.2) is 66.2 Å². The van der Waals surface area contributed by atoms with E-state index in [1.54, 1.807) is 6.07 Å². The van der Waals surface area contributed by atoms with Crippen LogP contribution in [0.4, 0.5) is 4.39 Å². The van der Waals surface area contributed by atoms with Crippen molar-refractivity contribution in [2.75, 3.05) is 26.3 Å². The number of aryl methyl sites for hydroxylation is 1. The summed E-state index contributed by atoms with van der Waals surface area (Å²) in [6.07, 6.45) is 6.53. The SMILES string of the molecule is Cc1c(Cl)cccc1C1=C(c2ccc(/C=C3/CCN(CCCF)C3)cc2)c2ccc(C(=O)O)cc2CCC1. The topological polar surface area (TPSA) is 40.5 Å². The molecule has 2 aliphatic rings. The molecule has 0 bridgehead atoms. The Hall–Kier alpha value is -3.21. The van der Waals surface area contributed by atoms with Crippen LogP contribution >= 0.6 is 11.6 Å². The monoisotopic (exact) mass is 529 g/mol. The van der Waals surface area contributed by atoms with Gasteiger partial charge in [0.15, 0.2) is 0 Å². The second kappa shape index (κ2) is 11.7. The van der Waals surface area contributed by atoms with E-state index in [2.05, 4.69) is 48.2 Å². The van der Waals surface area contributed by atoms with Crippen LogP contribution in [0.2, 0.25) is 5.02 Å². The zero-order valence-corrected chi connectivity index (χ0v) is 22.5. The molecule has 0 unspecified atom stereocenters. The highest BCUT2D eigenvalue weighted by Crippen LogP contribution is 2.42. The molecule has 1 N–H and O–H groups in total. The highest BCUT2D eigenvalue weighted by atomic mass is 35.5. The molecule has 38 heavy (non-hydrogen) atoms. The number of alkyl halides is 1. The number of allylic oxidation sites excluding steroid dienone is 1. The fourth-order valence-electron chi connectivity index (χ4n) is 5.77. The second-order valence-corrected chi connectivity index (χ2v) is 10.7. The largest absolute Gasteiger partial charge is 0.478 e. The number of likely N-dealkylation sites (tertiary alicyclic amines) is 1. The summed E-state index contributed by atoms with van der Waals surface area (Å²) in [6.45, 7) is 4.52. The molecule has 1 fully saturated rings. The number of hydrogen-bond acceptors (Lipinski definition) is 2. The van der Waals surface area contributed by atoms with Gasteiger partial charge in [0.25, 0.3) is 0 Å². The van der Waals surface area contributed by atoms with E-state index in [0.717, 1.165) is 89.3 Å². The maximum absolute atomic E-state index is 12.6. The van der Waals surface area contributed by atoms with Gasteiger partial charge in [-0.15, -0.1) is 0 Å². The first-order valence-electron chi connectivity index (χ1n) is 13.4. The minimum Gasteiger partial charge on any atom is -0.478 e. The fraction of sp³-hybridized carbons (Fsp3) is 0.303. The third-order valence-corrected chi connectivity index (χ3v) is 8.15. The molecule has 196 valence electrons. The lowest BCUT2D eigenvalue weighted by molar-refractivity contribution is 0.0696. The van der Waals surface area contributed by atoms with Crippen LogP contribution in [0, 0.1) is 6.92 Å². The van der Waals surface area contributed by atoms with Gasteiger partial charge in [-0.3, -0.25) is 9.29 Å². The molecule has 1 aliphatic carbocycles. The number of carboxylic acids is 1. The predicted octanol–water partition coefficient (Wildman–Crippen LogP) is 8.09. The van der Waals surface area contributed by atoms with Crippen molar-refractivity contribution in [1.29, 1.82) is 0 Å². The summed E-state index contributed by atoms with van der Waals surface area (Å²) >= 11 is 6.55. The lowest BCUT2D eigenvalue weighted by atomic mass is 9.86. The van der Waals surface area contributed by atoms with Crippen molar-refractivity contribution in [2.45, 2.75) is 39.0 Å². The Morgan fingerprint density at radius 1 is 1.05 bits per heavy atom. The summed E-state index contributed by atoms with van der Waals surface area (Å²) in [6, 6.07) is 20.3. The maximum atomic E-state index is 12.6. The second-order valence-electron chi connectivity index (χ2n) is 10.3. The van der Waals surface area contributed by atoms with Gasteiger partial charge in [0.2, 0.25) is 0 Å². The highest BCUT2D eigenvalue weighted by molar-refractivity contribution is 6.31. The summed E-state index contributed by atoms with van der Waals surface area (Å²) < 4.78 is 12.6. The quantitative estimate of drug-likeness (QED) is 0.336. The Labute approximate surface area is 229 Å². The molecule has 1 saturated heterocycles. The molecule has 0 atom stereocenters. The number of aromatic carboxylic acids is 1. The number of carboxylic acid groups (broad SMARTS) is 1. The van der Waals surface area contributed by atoms with Gasteiger partial charge in [-0.05, 0) is 102 Å². The zero-order chi connectivity index (χ0) is 26.6. The van der Waals surface area contributed by atoms with Crippen LogP contribution in [0.1, 0.15) is 69.4 Å². The fourth-order valence-corrected chi connectivity index (χ4v) is 5.95. The molecule has 0 aromatic heterocycles. The van der Waals surface area contributed by atoms with Crippen LogP contribution in [0.5, 0.6) is 0 Å². The van der Waals surface area contributed by atoms with Crippen molar-refractivity contribution in [2.24, 2.45) is 0 Å². The summed E-state index contributed by atoms with van der Waals surface area (Å²) in [7, 11) is 0. The van der Waals surface area contributed by atoms with Crippen LogP contribution in [-0.4, -0.2) is 42.3 Å². The van der Waals surface area contributed by atoms with Crippen molar-refractivity contribution in [3.63, 3.8) is 0 Å². The molecular formula is C33H33ClFNO2. The van der Waals surface area contributed by atoms with E-state index >= 15 is 0 Å². The summed E-state index contributed by atoms with van der Waals surface area (Å²) in [5.74, 6) is -0.902. The van der Waals surface area contributed by atoms with Crippen LogP contribution in [0.25, 0.3) is 17.2 Å². The first-order valence-corrected chi connectivity index (χ1v) is 13.8. The van der Waals surface area contributed by atoms with E-state index in [1.165, 1.54) is 11.1 Å². The Kier molecular flexibility index (Phi) is 8.11. The lowest BCUT2D eigenvalue weighted by Gasteiger charge is -2.19. The molecular weight excluding hydrogens is 497 g/mol. The third-order valence-electron chi connectivity index (χ3n) is 7.74. The van der Waals surface area contributed by atoms with Gasteiger partial charge in [0.1, 0.15) is 0 Å². The van der Waals surface area contributed by atoms with Crippen molar-refractivity contribution < 1.29 is 14.3 Å². The lowest BCUT2D eigenvalue weighted by Crippen LogP contribution is -2.20. The van der Waals surface area contributed by atoms with Crippen molar-refractivity contribution >= 4 is 34.8 Å². The van der Waals surface area contributed by atoms with Crippen molar-refractivity contribution in [3.05, 3.63) is 110 Å². The van der Waals surface area contributed by atoms with E-state index in [9.17, 15) is 14.3 Å². The number of rotatable bonds is 7.